The van der Waals surface area contributed by atoms with Crippen molar-refractivity contribution in [1.82, 2.24) is 9.88 Å². The molecule has 0 bridgehead atoms. The number of anilines is 1. The minimum atomic E-state index is -0.319. The van der Waals surface area contributed by atoms with E-state index < -0.39 is 0 Å². The normalized spacial score (nSPS) is 12.4. The highest BCUT2D eigenvalue weighted by molar-refractivity contribution is 7.80. The molecule has 1 aliphatic rings. The standard InChI is InChI=1S/C26H21ClFN3O3S/c27-19-2-1-3-21(12-19)29-26(35)31(14-16-4-6-20(28)7-5-16)15-18-10-17-11-23-24(34-9-8-33-23)13-22(17)30-25(18)32/h1-7,10-13H,8-9,14-15H2,(H,29,35)(H,30,32). The molecule has 3 aromatic carbocycles. The van der Waals surface area contributed by atoms with Crippen LogP contribution in [0, 0.1) is 5.82 Å². The van der Waals surface area contributed by atoms with Gasteiger partial charge in [-0.2, -0.15) is 0 Å². The summed E-state index contributed by atoms with van der Waals surface area (Å²) in [6, 6.07) is 18.8. The lowest BCUT2D eigenvalue weighted by molar-refractivity contribution is 0.172. The van der Waals surface area contributed by atoms with Crippen molar-refractivity contribution in [2.24, 2.45) is 0 Å². The summed E-state index contributed by atoms with van der Waals surface area (Å²) in [4.78, 5) is 17.8. The molecule has 1 aromatic heterocycles. The number of thiocarbonyl (C=S) groups is 1. The fraction of sp³-hybridized carbons (Fsp3) is 0.154. The zero-order valence-corrected chi connectivity index (χ0v) is 20.1. The summed E-state index contributed by atoms with van der Waals surface area (Å²) in [5.74, 6) is 0.931. The average molecular weight is 510 g/mol. The average Bonchev–Trinajstić information content (AvgIpc) is 2.84. The molecule has 0 spiro atoms. The highest BCUT2D eigenvalue weighted by atomic mass is 35.5. The molecule has 0 aliphatic carbocycles. The van der Waals surface area contributed by atoms with Crippen molar-refractivity contribution in [3.63, 3.8) is 0 Å². The van der Waals surface area contributed by atoms with Crippen molar-refractivity contribution < 1.29 is 13.9 Å². The third kappa shape index (κ3) is 5.39. The van der Waals surface area contributed by atoms with Crippen molar-refractivity contribution in [3.8, 4) is 11.5 Å². The first-order chi connectivity index (χ1) is 16.9. The first-order valence-corrected chi connectivity index (χ1v) is 11.7. The van der Waals surface area contributed by atoms with Gasteiger partial charge in [0, 0.05) is 34.3 Å². The van der Waals surface area contributed by atoms with E-state index in [2.05, 4.69) is 10.3 Å². The van der Waals surface area contributed by atoms with Gasteiger partial charge in [-0.05, 0) is 60.2 Å². The van der Waals surface area contributed by atoms with Gasteiger partial charge in [0.25, 0.3) is 5.56 Å². The fourth-order valence-electron chi connectivity index (χ4n) is 3.89. The first kappa shape index (κ1) is 23.1. The molecule has 2 N–H and O–H groups in total. The minimum Gasteiger partial charge on any atom is -0.486 e. The molecular formula is C26H21ClFN3O3S. The van der Waals surface area contributed by atoms with Gasteiger partial charge in [-0.15, -0.1) is 0 Å². The number of nitrogens with zero attached hydrogens (tertiary/aromatic N) is 1. The maximum atomic E-state index is 13.4. The van der Waals surface area contributed by atoms with Gasteiger partial charge in [0.15, 0.2) is 16.6 Å². The van der Waals surface area contributed by atoms with Gasteiger partial charge in [0.2, 0.25) is 0 Å². The number of pyridine rings is 1. The topological polar surface area (TPSA) is 66.6 Å². The molecule has 2 heterocycles. The number of fused-ring (bicyclic) bond motifs is 2. The van der Waals surface area contributed by atoms with E-state index in [0.29, 0.717) is 52.5 Å². The molecule has 0 radical (unpaired) electrons. The zero-order valence-electron chi connectivity index (χ0n) is 18.5. The van der Waals surface area contributed by atoms with Gasteiger partial charge in [-0.25, -0.2) is 4.39 Å². The highest BCUT2D eigenvalue weighted by Crippen LogP contribution is 2.33. The lowest BCUT2D eigenvalue weighted by Gasteiger charge is -2.26. The van der Waals surface area contributed by atoms with Gasteiger partial charge in [-0.3, -0.25) is 4.79 Å². The molecule has 1 aliphatic heterocycles. The number of hydrogen-bond acceptors (Lipinski definition) is 4. The van der Waals surface area contributed by atoms with E-state index in [1.54, 1.807) is 30.3 Å². The van der Waals surface area contributed by atoms with Gasteiger partial charge >= 0.3 is 0 Å². The smallest absolute Gasteiger partial charge is 0.253 e. The van der Waals surface area contributed by atoms with Crippen LogP contribution in [0.25, 0.3) is 10.9 Å². The Morgan fingerprint density at radius 3 is 2.51 bits per heavy atom. The Morgan fingerprint density at radius 1 is 1.03 bits per heavy atom. The van der Waals surface area contributed by atoms with E-state index in [1.165, 1.54) is 12.1 Å². The van der Waals surface area contributed by atoms with Crippen LogP contribution in [-0.2, 0) is 13.1 Å². The van der Waals surface area contributed by atoms with Crippen molar-refractivity contribution in [2.45, 2.75) is 13.1 Å². The molecular weight excluding hydrogens is 489 g/mol. The quantitative estimate of drug-likeness (QED) is 0.347. The van der Waals surface area contributed by atoms with Crippen molar-refractivity contribution >= 4 is 45.5 Å². The van der Waals surface area contributed by atoms with Crippen LogP contribution in [0.15, 0.2) is 71.5 Å². The molecule has 4 aromatic rings. The van der Waals surface area contributed by atoms with Gasteiger partial charge in [-0.1, -0.05) is 29.8 Å². The minimum absolute atomic E-state index is 0.226. The van der Waals surface area contributed by atoms with Crippen LogP contribution in [0.1, 0.15) is 11.1 Å². The molecule has 0 fully saturated rings. The number of rotatable bonds is 5. The van der Waals surface area contributed by atoms with E-state index in [9.17, 15) is 9.18 Å². The Balaban J connectivity index is 1.46. The Labute approximate surface area is 211 Å². The molecule has 0 unspecified atom stereocenters. The molecule has 0 atom stereocenters. The first-order valence-electron chi connectivity index (χ1n) is 11.0. The maximum absolute atomic E-state index is 13.4. The molecule has 0 amide bonds. The summed E-state index contributed by atoms with van der Waals surface area (Å²) in [6.45, 7) is 1.54. The predicted octanol–water partition coefficient (Wildman–Crippen LogP) is 5.49. The summed E-state index contributed by atoms with van der Waals surface area (Å²) in [6.07, 6.45) is 0. The lowest BCUT2D eigenvalue weighted by atomic mass is 10.1. The molecule has 6 nitrogen and oxygen atoms in total. The summed E-state index contributed by atoms with van der Waals surface area (Å²) in [5.41, 5.74) is 2.52. The second-order valence-corrected chi connectivity index (χ2v) is 8.95. The van der Waals surface area contributed by atoms with Gasteiger partial charge < -0.3 is 24.7 Å². The number of benzene rings is 3. The van der Waals surface area contributed by atoms with Crippen LogP contribution in [0.4, 0.5) is 10.1 Å². The van der Waals surface area contributed by atoms with Crippen LogP contribution < -0.4 is 20.3 Å². The summed E-state index contributed by atoms with van der Waals surface area (Å²) in [7, 11) is 0. The molecule has 9 heteroatoms. The SMILES string of the molecule is O=c1[nH]c2cc3c(cc2cc1CN(Cc1ccc(F)cc1)C(=S)Nc1cccc(Cl)c1)OCCO3. The lowest BCUT2D eigenvalue weighted by Crippen LogP contribution is -2.35. The largest absolute Gasteiger partial charge is 0.486 e. The number of ether oxygens (including phenoxy) is 2. The number of halogens is 2. The van der Waals surface area contributed by atoms with E-state index in [-0.39, 0.29) is 17.9 Å². The summed E-state index contributed by atoms with van der Waals surface area (Å²) < 4.78 is 24.8. The molecule has 35 heavy (non-hydrogen) atoms. The van der Waals surface area contributed by atoms with Crippen LogP contribution in [0.5, 0.6) is 11.5 Å². The van der Waals surface area contributed by atoms with Gasteiger partial charge in [0.1, 0.15) is 19.0 Å². The zero-order chi connectivity index (χ0) is 24.4. The van der Waals surface area contributed by atoms with Crippen molar-refractivity contribution in [2.75, 3.05) is 18.5 Å². The Bertz CT molecular complexity index is 1460. The number of hydrogen-bond donors (Lipinski definition) is 2. The number of nitrogens with one attached hydrogen (secondary N) is 2. The predicted molar refractivity (Wildman–Crippen MR) is 139 cm³/mol. The monoisotopic (exact) mass is 509 g/mol. The number of aromatic nitrogens is 1. The summed E-state index contributed by atoms with van der Waals surface area (Å²) >= 11 is 11.8. The Hall–Kier alpha value is -3.62. The highest BCUT2D eigenvalue weighted by Gasteiger charge is 2.17. The van der Waals surface area contributed by atoms with E-state index >= 15 is 0 Å². The van der Waals surface area contributed by atoms with Crippen LogP contribution in [0.2, 0.25) is 5.02 Å². The second-order valence-electron chi connectivity index (χ2n) is 8.13. The molecule has 5 rings (SSSR count). The Morgan fingerprint density at radius 2 is 1.77 bits per heavy atom. The third-order valence-corrected chi connectivity index (χ3v) is 6.19. The van der Waals surface area contributed by atoms with Crippen LogP contribution in [-0.4, -0.2) is 28.2 Å². The molecule has 0 saturated heterocycles. The van der Waals surface area contributed by atoms with E-state index in [1.807, 2.05) is 29.2 Å². The van der Waals surface area contributed by atoms with Gasteiger partial charge in [0.05, 0.1) is 12.1 Å². The number of H-pyrrole nitrogens is 1. The maximum Gasteiger partial charge on any atom is 0.253 e. The van der Waals surface area contributed by atoms with E-state index in [0.717, 1.165) is 16.6 Å². The van der Waals surface area contributed by atoms with Crippen molar-refractivity contribution in [1.29, 1.82) is 0 Å². The number of aromatic amines is 1. The second kappa shape index (κ2) is 9.93. The van der Waals surface area contributed by atoms with Crippen LogP contribution in [0.3, 0.4) is 0 Å². The summed E-state index contributed by atoms with van der Waals surface area (Å²) in [5, 5.41) is 4.97. The van der Waals surface area contributed by atoms with Crippen LogP contribution >= 0.6 is 23.8 Å². The third-order valence-electron chi connectivity index (χ3n) is 5.59. The Kier molecular flexibility index (Phi) is 6.57. The van der Waals surface area contributed by atoms with E-state index in [4.69, 9.17) is 33.3 Å². The molecule has 178 valence electrons. The fourth-order valence-corrected chi connectivity index (χ4v) is 4.33. The molecule has 0 saturated carbocycles. The van der Waals surface area contributed by atoms with Crippen molar-refractivity contribution in [3.05, 3.63) is 99.1 Å².